The zero-order valence-corrected chi connectivity index (χ0v) is 15.9. The average Bonchev–Trinajstić information content (AvgIpc) is 3.24. The van der Waals surface area contributed by atoms with Gasteiger partial charge in [-0.1, -0.05) is 34.9 Å². The molecule has 1 aromatic carbocycles. The maximum Gasteiger partial charge on any atom is 0.236 e. The number of benzene rings is 1. The topological polar surface area (TPSA) is 67.8 Å². The average molecular weight is 417 g/mol. The lowest BCUT2D eigenvalue weighted by Gasteiger charge is -2.00. The molecule has 3 aromatic rings. The first kappa shape index (κ1) is 18.2. The van der Waals surface area contributed by atoms with Crippen molar-refractivity contribution in [2.45, 2.75) is 8.68 Å². The largest absolute Gasteiger partial charge is 0.301 e. The van der Waals surface area contributed by atoms with E-state index in [4.69, 9.17) is 0 Å². The van der Waals surface area contributed by atoms with Gasteiger partial charge in [0.25, 0.3) is 0 Å². The fourth-order valence-corrected chi connectivity index (χ4v) is 4.71. The van der Waals surface area contributed by atoms with Crippen LogP contribution in [0, 0.1) is 11.6 Å². The number of halogens is 2. The second-order valence-corrected chi connectivity index (χ2v) is 8.65. The van der Waals surface area contributed by atoms with Crippen molar-refractivity contribution in [2.75, 3.05) is 17.3 Å². The summed E-state index contributed by atoms with van der Waals surface area (Å²) in [6.45, 7) is 0. The summed E-state index contributed by atoms with van der Waals surface area (Å²) in [5.41, 5.74) is 0.920. The summed E-state index contributed by atoms with van der Waals surface area (Å²) in [6, 6.07) is 3.56. The second kappa shape index (κ2) is 8.21. The van der Waals surface area contributed by atoms with Crippen LogP contribution in [0.2, 0.25) is 0 Å². The number of carbonyl (C=O) groups excluding carboxylic acids is 1. The molecule has 0 radical (unpaired) electrons. The Morgan fingerprint density at radius 3 is 2.76 bits per heavy atom. The minimum Gasteiger partial charge on any atom is -0.301 e. The zero-order chi connectivity index (χ0) is 17.8. The minimum absolute atomic E-state index is 0.184. The first-order chi connectivity index (χ1) is 12.0. The van der Waals surface area contributed by atoms with Gasteiger partial charge in [0.15, 0.2) is 25.4 Å². The third-order valence-corrected chi connectivity index (χ3v) is 6.65. The highest BCUT2D eigenvalue weighted by atomic mass is 32.2. The van der Waals surface area contributed by atoms with E-state index < -0.39 is 11.6 Å². The number of aromatic nitrogens is 3. The molecule has 2 aromatic heterocycles. The molecule has 0 bridgehead atoms. The lowest BCUT2D eigenvalue weighted by atomic mass is 10.2. The molecule has 0 aliphatic carbocycles. The van der Waals surface area contributed by atoms with Crippen LogP contribution in [0.4, 0.5) is 13.9 Å². The molecule has 1 amide bonds. The number of nitrogens with one attached hydrogen (secondary N) is 1. The van der Waals surface area contributed by atoms with Crippen LogP contribution in [0.5, 0.6) is 0 Å². The molecule has 130 valence electrons. The van der Waals surface area contributed by atoms with Gasteiger partial charge < -0.3 is 5.32 Å². The van der Waals surface area contributed by atoms with Crippen LogP contribution in [0.15, 0.2) is 32.3 Å². The quantitative estimate of drug-likeness (QED) is 0.601. The predicted molar refractivity (Wildman–Crippen MR) is 98.5 cm³/mol. The van der Waals surface area contributed by atoms with E-state index >= 15 is 0 Å². The Hall–Kier alpha value is -1.56. The molecule has 0 unspecified atom stereocenters. The van der Waals surface area contributed by atoms with Gasteiger partial charge in [-0.05, 0) is 24.5 Å². The summed E-state index contributed by atoms with van der Waals surface area (Å²) in [6.07, 6.45) is 1.91. The fourth-order valence-electron chi connectivity index (χ4n) is 1.74. The number of thioether (sulfide) groups is 2. The van der Waals surface area contributed by atoms with E-state index in [0.29, 0.717) is 16.4 Å². The van der Waals surface area contributed by atoms with Crippen LogP contribution in [-0.4, -0.2) is 33.1 Å². The molecular formula is C14H10F2N4OS4. The van der Waals surface area contributed by atoms with E-state index in [1.165, 1.54) is 52.3 Å². The Kier molecular flexibility index (Phi) is 5.99. The minimum atomic E-state index is -0.936. The summed E-state index contributed by atoms with van der Waals surface area (Å²) >= 11 is 5.44. The van der Waals surface area contributed by atoms with Crippen LogP contribution >= 0.6 is 46.2 Å². The Bertz CT molecular complexity index is 899. The molecular weight excluding hydrogens is 406 g/mol. The molecule has 2 heterocycles. The second-order valence-electron chi connectivity index (χ2n) is 4.54. The van der Waals surface area contributed by atoms with Crippen molar-refractivity contribution in [1.29, 1.82) is 0 Å². The normalized spacial score (nSPS) is 10.8. The molecule has 0 spiro atoms. The van der Waals surface area contributed by atoms with Gasteiger partial charge in [0, 0.05) is 10.9 Å². The van der Waals surface area contributed by atoms with Crippen LogP contribution in [0.1, 0.15) is 0 Å². The predicted octanol–water partition coefficient (Wildman–Crippen LogP) is 4.39. The van der Waals surface area contributed by atoms with Crippen LogP contribution < -0.4 is 5.32 Å². The number of hydrogen-bond acceptors (Lipinski definition) is 8. The molecule has 11 heteroatoms. The van der Waals surface area contributed by atoms with E-state index in [1.54, 1.807) is 5.38 Å². The summed E-state index contributed by atoms with van der Waals surface area (Å²) in [7, 11) is 0. The van der Waals surface area contributed by atoms with Crippen molar-refractivity contribution in [3.8, 4) is 11.3 Å². The Balaban J connectivity index is 1.58. The maximum absolute atomic E-state index is 13.3. The number of thiazole rings is 1. The van der Waals surface area contributed by atoms with Gasteiger partial charge in [0.2, 0.25) is 5.91 Å². The standard InChI is InChI=1S/C14H10F2N4OS4/c1-22-13-19-20-14(25-13)24-6-11(21)18-12-17-10(5-23-12)7-2-3-8(15)9(16)4-7/h2-5H,6H2,1H3,(H,17,18,21). The van der Waals surface area contributed by atoms with Crippen LogP contribution in [0.25, 0.3) is 11.3 Å². The summed E-state index contributed by atoms with van der Waals surface area (Å²) in [4.78, 5) is 16.2. The molecule has 25 heavy (non-hydrogen) atoms. The SMILES string of the molecule is CSc1nnc(SCC(=O)Nc2nc(-c3ccc(F)c(F)c3)cs2)s1. The Morgan fingerprint density at radius 2 is 2.04 bits per heavy atom. The third kappa shape index (κ3) is 4.75. The molecule has 0 fully saturated rings. The molecule has 0 aliphatic heterocycles. The summed E-state index contributed by atoms with van der Waals surface area (Å²) in [5.74, 6) is -1.89. The van der Waals surface area contributed by atoms with E-state index in [-0.39, 0.29) is 11.7 Å². The highest BCUT2D eigenvalue weighted by molar-refractivity contribution is 8.03. The highest BCUT2D eigenvalue weighted by Crippen LogP contribution is 2.28. The summed E-state index contributed by atoms with van der Waals surface area (Å²) < 4.78 is 27.8. The third-order valence-electron chi connectivity index (χ3n) is 2.86. The molecule has 0 atom stereocenters. The Morgan fingerprint density at radius 1 is 1.24 bits per heavy atom. The van der Waals surface area contributed by atoms with E-state index in [2.05, 4.69) is 20.5 Å². The van der Waals surface area contributed by atoms with Crippen LogP contribution in [-0.2, 0) is 4.79 Å². The van der Waals surface area contributed by atoms with Crippen molar-refractivity contribution in [3.63, 3.8) is 0 Å². The Labute approximate surface area is 158 Å². The highest BCUT2D eigenvalue weighted by Gasteiger charge is 2.12. The van der Waals surface area contributed by atoms with Gasteiger partial charge >= 0.3 is 0 Å². The smallest absolute Gasteiger partial charge is 0.236 e. The molecule has 5 nitrogen and oxygen atoms in total. The van der Waals surface area contributed by atoms with Crippen molar-refractivity contribution in [2.24, 2.45) is 0 Å². The van der Waals surface area contributed by atoms with Gasteiger partial charge in [0.1, 0.15) is 0 Å². The number of rotatable bonds is 6. The van der Waals surface area contributed by atoms with E-state index in [9.17, 15) is 13.6 Å². The van der Waals surface area contributed by atoms with Crippen LogP contribution in [0.3, 0.4) is 0 Å². The van der Waals surface area contributed by atoms with Gasteiger partial charge in [-0.2, -0.15) is 0 Å². The maximum atomic E-state index is 13.3. The first-order valence-electron chi connectivity index (χ1n) is 6.76. The first-order valence-corrected chi connectivity index (χ1v) is 10.7. The summed E-state index contributed by atoms with van der Waals surface area (Å²) in [5, 5.41) is 12.7. The molecule has 3 rings (SSSR count). The number of carbonyl (C=O) groups is 1. The molecule has 0 saturated heterocycles. The van der Waals surface area contributed by atoms with Gasteiger partial charge in [-0.15, -0.1) is 21.5 Å². The van der Waals surface area contributed by atoms with Crippen molar-refractivity contribution < 1.29 is 13.6 Å². The molecule has 0 aliphatic rings. The van der Waals surface area contributed by atoms with E-state index in [0.717, 1.165) is 20.8 Å². The lowest BCUT2D eigenvalue weighted by molar-refractivity contribution is -0.113. The zero-order valence-electron chi connectivity index (χ0n) is 12.7. The lowest BCUT2D eigenvalue weighted by Crippen LogP contribution is -2.13. The van der Waals surface area contributed by atoms with E-state index in [1.807, 2.05) is 6.26 Å². The molecule has 0 saturated carbocycles. The van der Waals surface area contributed by atoms with Gasteiger partial charge in [-0.3, -0.25) is 4.79 Å². The van der Waals surface area contributed by atoms with Crippen molar-refractivity contribution in [3.05, 3.63) is 35.2 Å². The number of amides is 1. The number of hydrogen-bond donors (Lipinski definition) is 1. The molecule has 1 N–H and O–H groups in total. The number of nitrogens with zero attached hydrogens (tertiary/aromatic N) is 3. The van der Waals surface area contributed by atoms with Gasteiger partial charge in [-0.25, -0.2) is 13.8 Å². The van der Waals surface area contributed by atoms with Gasteiger partial charge in [0.05, 0.1) is 11.4 Å². The number of anilines is 1. The monoisotopic (exact) mass is 416 g/mol. The van der Waals surface area contributed by atoms with Crippen molar-refractivity contribution >= 4 is 57.2 Å². The fraction of sp³-hybridized carbons (Fsp3) is 0.143. The van der Waals surface area contributed by atoms with Crippen molar-refractivity contribution in [1.82, 2.24) is 15.2 Å².